The smallest absolute Gasteiger partial charge is 0.223 e. The van der Waals surface area contributed by atoms with Gasteiger partial charge in [0.15, 0.2) is 5.82 Å². The SMILES string of the molecule is CCNc1ncc(F)c(-c2ccc3nc(C)ccc3c2)n1. The van der Waals surface area contributed by atoms with E-state index >= 15 is 0 Å². The highest BCUT2D eigenvalue weighted by molar-refractivity contribution is 5.84. The fourth-order valence-corrected chi connectivity index (χ4v) is 2.19. The molecule has 4 nitrogen and oxygen atoms in total. The van der Waals surface area contributed by atoms with Crippen molar-refractivity contribution in [3.63, 3.8) is 0 Å². The van der Waals surface area contributed by atoms with Crippen LogP contribution in [-0.2, 0) is 0 Å². The number of hydrogen-bond acceptors (Lipinski definition) is 4. The molecule has 0 spiro atoms. The molecule has 0 bridgehead atoms. The Morgan fingerprint density at radius 2 is 2.00 bits per heavy atom. The molecule has 1 N–H and O–H groups in total. The summed E-state index contributed by atoms with van der Waals surface area (Å²) in [6, 6.07) is 9.52. The predicted molar refractivity (Wildman–Crippen MR) is 81.6 cm³/mol. The second-order valence-electron chi connectivity index (χ2n) is 4.78. The number of benzene rings is 1. The highest BCUT2D eigenvalue weighted by Crippen LogP contribution is 2.25. The highest BCUT2D eigenvalue weighted by atomic mass is 19.1. The molecule has 0 aliphatic heterocycles. The molecule has 3 aromatic rings. The first-order valence-electron chi connectivity index (χ1n) is 6.81. The van der Waals surface area contributed by atoms with Crippen LogP contribution < -0.4 is 5.32 Å². The molecule has 2 heterocycles. The lowest BCUT2D eigenvalue weighted by Gasteiger charge is -2.07. The Kier molecular flexibility index (Phi) is 3.48. The number of hydrogen-bond donors (Lipinski definition) is 1. The zero-order chi connectivity index (χ0) is 14.8. The first-order chi connectivity index (χ1) is 10.2. The Labute approximate surface area is 122 Å². The molecule has 0 amide bonds. The number of rotatable bonds is 3. The zero-order valence-corrected chi connectivity index (χ0v) is 11.9. The Morgan fingerprint density at radius 1 is 1.14 bits per heavy atom. The Morgan fingerprint density at radius 3 is 2.81 bits per heavy atom. The number of nitrogens with zero attached hydrogens (tertiary/aromatic N) is 3. The Bertz CT molecular complexity index is 801. The van der Waals surface area contributed by atoms with E-state index in [2.05, 4.69) is 20.3 Å². The van der Waals surface area contributed by atoms with Crippen LogP contribution >= 0.6 is 0 Å². The number of aryl methyl sites for hydroxylation is 1. The van der Waals surface area contributed by atoms with Gasteiger partial charge in [-0.15, -0.1) is 0 Å². The minimum absolute atomic E-state index is 0.295. The molecule has 0 fully saturated rings. The molecule has 0 saturated carbocycles. The van der Waals surface area contributed by atoms with Crippen LogP contribution in [0.25, 0.3) is 22.2 Å². The van der Waals surface area contributed by atoms with Gasteiger partial charge in [-0.25, -0.2) is 14.4 Å². The minimum atomic E-state index is -0.434. The lowest BCUT2D eigenvalue weighted by atomic mass is 10.1. The van der Waals surface area contributed by atoms with E-state index in [0.29, 0.717) is 23.8 Å². The Balaban J connectivity index is 2.11. The lowest BCUT2D eigenvalue weighted by molar-refractivity contribution is 0.618. The average molecular weight is 282 g/mol. The van der Waals surface area contributed by atoms with Crippen LogP contribution in [0.1, 0.15) is 12.6 Å². The van der Waals surface area contributed by atoms with E-state index in [1.807, 2.05) is 44.2 Å². The van der Waals surface area contributed by atoms with Gasteiger partial charge in [-0.2, -0.15) is 0 Å². The summed E-state index contributed by atoms with van der Waals surface area (Å²) in [5.41, 5.74) is 2.86. The highest BCUT2D eigenvalue weighted by Gasteiger charge is 2.10. The molecule has 2 aromatic heterocycles. The molecule has 0 atom stereocenters. The third kappa shape index (κ3) is 2.67. The van der Waals surface area contributed by atoms with Gasteiger partial charge in [-0.3, -0.25) is 4.98 Å². The van der Waals surface area contributed by atoms with Gasteiger partial charge < -0.3 is 5.32 Å². The van der Waals surface area contributed by atoms with Crippen LogP contribution in [0.2, 0.25) is 0 Å². The molecule has 0 unspecified atom stereocenters. The summed E-state index contributed by atoms with van der Waals surface area (Å²) >= 11 is 0. The van der Waals surface area contributed by atoms with Crippen molar-refractivity contribution >= 4 is 16.9 Å². The van der Waals surface area contributed by atoms with Crippen molar-refractivity contribution in [1.82, 2.24) is 15.0 Å². The number of nitrogens with one attached hydrogen (secondary N) is 1. The van der Waals surface area contributed by atoms with E-state index in [-0.39, 0.29) is 0 Å². The van der Waals surface area contributed by atoms with Crippen LogP contribution in [0.4, 0.5) is 10.3 Å². The van der Waals surface area contributed by atoms with Crippen molar-refractivity contribution in [2.24, 2.45) is 0 Å². The van der Waals surface area contributed by atoms with E-state index in [9.17, 15) is 4.39 Å². The first kappa shape index (κ1) is 13.4. The van der Waals surface area contributed by atoms with Crippen LogP contribution in [0.15, 0.2) is 36.5 Å². The molecule has 0 aliphatic rings. The fourth-order valence-electron chi connectivity index (χ4n) is 2.19. The number of halogens is 1. The molecule has 3 rings (SSSR count). The molecule has 0 saturated heterocycles. The largest absolute Gasteiger partial charge is 0.354 e. The summed E-state index contributed by atoms with van der Waals surface area (Å²) in [7, 11) is 0. The molecule has 5 heteroatoms. The monoisotopic (exact) mass is 282 g/mol. The van der Waals surface area contributed by atoms with Gasteiger partial charge >= 0.3 is 0 Å². The topological polar surface area (TPSA) is 50.7 Å². The third-order valence-corrected chi connectivity index (χ3v) is 3.18. The summed E-state index contributed by atoms with van der Waals surface area (Å²) in [5.74, 6) is -0.00731. The zero-order valence-electron chi connectivity index (χ0n) is 11.9. The molecule has 0 aliphatic carbocycles. The van der Waals surface area contributed by atoms with E-state index in [1.54, 1.807) is 0 Å². The summed E-state index contributed by atoms with van der Waals surface area (Å²) in [5, 5.41) is 3.95. The lowest BCUT2D eigenvalue weighted by Crippen LogP contribution is -2.04. The van der Waals surface area contributed by atoms with Crippen molar-refractivity contribution < 1.29 is 4.39 Å². The van der Waals surface area contributed by atoms with Gasteiger partial charge in [0.25, 0.3) is 0 Å². The first-order valence-corrected chi connectivity index (χ1v) is 6.81. The quantitative estimate of drug-likeness (QED) is 0.798. The molecule has 0 radical (unpaired) electrons. The number of pyridine rings is 1. The van der Waals surface area contributed by atoms with Gasteiger partial charge in [0, 0.05) is 23.2 Å². The Hall–Kier alpha value is -2.56. The third-order valence-electron chi connectivity index (χ3n) is 3.18. The predicted octanol–water partition coefficient (Wildman–Crippen LogP) is 3.57. The maximum atomic E-state index is 14.0. The maximum absolute atomic E-state index is 14.0. The van der Waals surface area contributed by atoms with Crippen molar-refractivity contribution in [1.29, 1.82) is 0 Å². The van der Waals surface area contributed by atoms with Crippen LogP contribution in [0.5, 0.6) is 0 Å². The number of anilines is 1. The summed E-state index contributed by atoms with van der Waals surface area (Å²) in [6.07, 6.45) is 1.19. The summed E-state index contributed by atoms with van der Waals surface area (Å²) in [4.78, 5) is 12.6. The van der Waals surface area contributed by atoms with Crippen LogP contribution in [-0.4, -0.2) is 21.5 Å². The molecule has 106 valence electrons. The molecular formula is C16H15FN4. The number of aromatic nitrogens is 3. The average Bonchev–Trinajstić information content (AvgIpc) is 2.49. The second kappa shape index (κ2) is 5.44. The van der Waals surface area contributed by atoms with Crippen molar-refractivity contribution in [3.8, 4) is 11.3 Å². The number of fused-ring (bicyclic) bond motifs is 1. The maximum Gasteiger partial charge on any atom is 0.223 e. The van der Waals surface area contributed by atoms with E-state index in [0.717, 1.165) is 16.6 Å². The molecule has 1 aromatic carbocycles. The van der Waals surface area contributed by atoms with E-state index < -0.39 is 5.82 Å². The second-order valence-corrected chi connectivity index (χ2v) is 4.78. The van der Waals surface area contributed by atoms with Gasteiger partial charge in [0.1, 0.15) is 5.69 Å². The van der Waals surface area contributed by atoms with Gasteiger partial charge in [-0.1, -0.05) is 12.1 Å². The normalized spacial score (nSPS) is 10.8. The molecular weight excluding hydrogens is 267 g/mol. The minimum Gasteiger partial charge on any atom is -0.354 e. The van der Waals surface area contributed by atoms with Crippen molar-refractivity contribution in [3.05, 3.63) is 48.0 Å². The fraction of sp³-hybridized carbons (Fsp3) is 0.188. The van der Waals surface area contributed by atoms with Crippen LogP contribution in [0.3, 0.4) is 0 Å². The van der Waals surface area contributed by atoms with E-state index in [4.69, 9.17) is 0 Å². The molecule has 21 heavy (non-hydrogen) atoms. The van der Waals surface area contributed by atoms with Crippen molar-refractivity contribution in [2.45, 2.75) is 13.8 Å². The van der Waals surface area contributed by atoms with E-state index in [1.165, 1.54) is 6.20 Å². The van der Waals surface area contributed by atoms with Crippen LogP contribution in [0, 0.1) is 12.7 Å². The summed E-state index contributed by atoms with van der Waals surface area (Å²) < 4.78 is 14.0. The standard InChI is InChI=1S/C16H15FN4/c1-3-18-16-19-9-13(17)15(21-16)12-6-7-14-11(8-12)5-4-10(2)20-14/h4-9H,3H2,1-2H3,(H,18,19,21). The van der Waals surface area contributed by atoms with Gasteiger partial charge in [0.05, 0.1) is 11.7 Å². The van der Waals surface area contributed by atoms with Gasteiger partial charge in [0.2, 0.25) is 5.95 Å². The van der Waals surface area contributed by atoms with Crippen molar-refractivity contribution in [2.75, 3.05) is 11.9 Å². The summed E-state index contributed by atoms with van der Waals surface area (Å²) in [6.45, 7) is 4.57. The van der Waals surface area contributed by atoms with Gasteiger partial charge in [-0.05, 0) is 32.0 Å².